The minimum Gasteiger partial charge on any atom is -0.493 e. The van der Waals surface area contributed by atoms with Gasteiger partial charge in [-0.05, 0) is 37.0 Å². The van der Waals surface area contributed by atoms with Crippen molar-refractivity contribution in [2.75, 3.05) is 13.2 Å². The molecule has 19 heavy (non-hydrogen) atoms. The summed E-state index contributed by atoms with van der Waals surface area (Å²) in [5, 5.41) is 12.6. The van der Waals surface area contributed by atoms with Crippen LogP contribution < -0.4 is 10.1 Å². The van der Waals surface area contributed by atoms with Gasteiger partial charge in [-0.2, -0.15) is 0 Å². The molecule has 0 saturated heterocycles. The second kappa shape index (κ2) is 6.78. The monoisotopic (exact) mass is 283 g/mol. The third-order valence-corrected chi connectivity index (χ3v) is 3.43. The van der Waals surface area contributed by atoms with Crippen LogP contribution in [0.4, 0.5) is 0 Å². The zero-order chi connectivity index (χ0) is 13.7. The van der Waals surface area contributed by atoms with Gasteiger partial charge in [-0.1, -0.05) is 17.7 Å². The maximum Gasteiger partial charge on any atom is 0.223 e. The molecule has 0 bridgehead atoms. The number of amides is 1. The summed E-state index contributed by atoms with van der Waals surface area (Å²) >= 11 is 5.83. The summed E-state index contributed by atoms with van der Waals surface area (Å²) in [5.74, 6) is 1.07. The van der Waals surface area contributed by atoms with Crippen molar-refractivity contribution in [2.24, 2.45) is 5.92 Å². The van der Waals surface area contributed by atoms with E-state index in [0.717, 1.165) is 12.8 Å². The van der Waals surface area contributed by atoms with E-state index in [0.29, 0.717) is 36.3 Å². The number of rotatable bonds is 6. The lowest BCUT2D eigenvalue weighted by Crippen LogP contribution is -2.38. The molecule has 1 saturated carbocycles. The van der Waals surface area contributed by atoms with Crippen LogP contribution in [0.3, 0.4) is 0 Å². The molecule has 2 N–H and O–H groups in total. The fourth-order valence-electron chi connectivity index (χ4n) is 2.03. The number of carbonyl (C=O) groups excluding carboxylic acids is 1. The summed E-state index contributed by atoms with van der Waals surface area (Å²) < 4.78 is 5.44. The predicted octanol–water partition coefficient (Wildman–Crippen LogP) is 2.00. The Balaban J connectivity index is 1.58. The first-order valence-electron chi connectivity index (χ1n) is 6.46. The van der Waals surface area contributed by atoms with Crippen LogP contribution in [-0.4, -0.2) is 30.3 Å². The van der Waals surface area contributed by atoms with Crippen molar-refractivity contribution in [2.45, 2.75) is 25.4 Å². The molecule has 104 valence electrons. The Morgan fingerprint density at radius 2 is 2.26 bits per heavy atom. The molecule has 1 amide bonds. The number of ether oxygens (including phenoxy) is 1. The molecular weight excluding hydrogens is 266 g/mol. The third kappa shape index (κ3) is 4.73. The Morgan fingerprint density at radius 1 is 1.47 bits per heavy atom. The molecule has 0 spiro atoms. The van der Waals surface area contributed by atoms with Crippen molar-refractivity contribution in [3.8, 4) is 5.75 Å². The molecule has 1 aliphatic rings. The Bertz CT molecular complexity index is 432. The summed E-state index contributed by atoms with van der Waals surface area (Å²) in [6.45, 7) is 0.979. The maximum atomic E-state index is 11.5. The highest BCUT2D eigenvalue weighted by molar-refractivity contribution is 6.30. The molecule has 5 heteroatoms. The molecule has 1 fully saturated rings. The van der Waals surface area contributed by atoms with Crippen LogP contribution in [0.5, 0.6) is 5.75 Å². The SMILES string of the molecule is O=C(CCOc1cccc(Cl)c1)NCC1CC(O)C1. The topological polar surface area (TPSA) is 58.6 Å². The first kappa shape index (κ1) is 14.2. The summed E-state index contributed by atoms with van der Waals surface area (Å²) in [6, 6.07) is 7.10. The van der Waals surface area contributed by atoms with Gasteiger partial charge in [0.1, 0.15) is 5.75 Å². The van der Waals surface area contributed by atoms with E-state index in [2.05, 4.69) is 5.32 Å². The van der Waals surface area contributed by atoms with Crippen molar-refractivity contribution >= 4 is 17.5 Å². The van der Waals surface area contributed by atoms with Crippen molar-refractivity contribution in [1.29, 1.82) is 0 Å². The predicted molar refractivity (Wildman–Crippen MR) is 73.3 cm³/mol. The van der Waals surface area contributed by atoms with Gasteiger partial charge in [0.2, 0.25) is 5.91 Å². The number of carbonyl (C=O) groups is 1. The van der Waals surface area contributed by atoms with Crippen molar-refractivity contribution in [1.82, 2.24) is 5.32 Å². The van der Waals surface area contributed by atoms with Crippen LogP contribution in [0.2, 0.25) is 5.02 Å². The number of aliphatic hydroxyl groups excluding tert-OH is 1. The van der Waals surface area contributed by atoms with E-state index >= 15 is 0 Å². The first-order valence-corrected chi connectivity index (χ1v) is 6.84. The van der Waals surface area contributed by atoms with Crippen LogP contribution in [0.25, 0.3) is 0 Å². The molecule has 0 atom stereocenters. The Hall–Kier alpha value is -1.26. The molecule has 0 heterocycles. The van der Waals surface area contributed by atoms with E-state index in [1.165, 1.54) is 0 Å². The highest BCUT2D eigenvalue weighted by atomic mass is 35.5. The van der Waals surface area contributed by atoms with Crippen molar-refractivity contribution in [3.63, 3.8) is 0 Å². The van der Waals surface area contributed by atoms with Gasteiger partial charge in [0.15, 0.2) is 0 Å². The number of halogens is 1. The van der Waals surface area contributed by atoms with Gasteiger partial charge < -0.3 is 15.2 Å². The van der Waals surface area contributed by atoms with Crippen LogP contribution in [-0.2, 0) is 4.79 Å². The van der Waals surface area contributed by atoms with Gasteiger partial charge in [-0.15, -0.1) is 0 Å². The van der Waals surface area contributed by atoms with Gasteiger partial charge in [-0.3, -0.25) is 4.79 Å². The molecule has 2 rings (SSSR count). The lowest BCUT2D eigenvalue weighted by atomic mass is 9.82. The van der Waals surface area contributed by atoms with Crippen LogP contribution in [0.15, 0.2) is 24.3 Å². The first-order chi connectivity index (χ1) is 9.13. The third-order valence-electron chi connectivity index (χ3n) is 3.19. The summed E-state index contributed by atoms with van der Waals surface area (Å²) in [7, 11) is 0. The van der Waals surface area contributed by atoms with Crippen molar-refractivity contribution < 1.29 is 14.6 Å². The van der Waals surface area contributed by atoms with Gasteiger partial charge in [0, 0.05) is 11.6 Å². The lowest BCUT2D eigenvalue weighted by Gasteiger charge is -2.31. The van der Waals surface area contributed by atoms with Gasteiger partial charge >= 0.3 is 0 Å². The van der Waals surface area contributed by atoms with Gasteiger partial charge in [0.25, 0.3) is 0 Å². The zero-order valence-electron chi connectivity index (χ0n) is 10.6. The second-order valence-electron chi connectivity index (χ2n) is 4.85. The standard InChI is InChI=1S/C14H18ClNO3/c15-11-2-1-3-13(8-11)19-5-4-14(18)16-9-10-6-12(17)7-10/h1-3,8,10,12,17H,4-7,9H2,(H,16,18). The molecule has 0 aromatic heterocycles. The molecule has 0 unspecified atom stereocenters. The molecule has 0 radical (unpaired) electrons. The Labute approximate surface area is 117 Å². The zero-order valence-corrected chi connectivity index (χ0v) is 11.4. The largest absolute Gasteiger partial charge is 0.493 e. The number of hydrogen-bond donors (Lipinski definition) is 2. The van der Waals surface area contributed by atoms with Crippen molar-refractivity contribution in [3.05, 3.63) is 29.3 Å². The van der Waals surface area contributed by atoms with E-state index < -0.39 is 0 Å². The molecular formula is C14H18ClNO3. The molecule has 4 nitrogen and oxygen atoms in total. The lowest BCUT2D eigenvalue weighted by molar-refractivity contribution is -0.122. The molecule has 1 aliphatic carbocycles. The fraction of sp³-hybridized carbons (Fsp3) is 0.500. The summed E-state index contributed by atoms with van der Waals surface area (Å²) in [4.78, 5) is 11.5. The number of aliphatic hydroxyl groups is 1. The van der Waals surface area contributed by atoms with Gasteiger partial charge in [-0.25, -0.2) is 0 Å². The quantitative estimate of drug-likeness (QED) is 0.839. The minimum atomic E-state index is -0.173. The fourth-order valence-corrected chi connectivity index (χ4v) is 2.21. The number of nitrogens with one attached hydrogen (secondary N) is 1. The van der Waals surface area contributed by atoms with E-state index in [9.17, 15) is 4.79 Å². The van der Waals surface area contributed by atoms with E-state index in [4.69, 9.17) is 21.4 Å². The van der Waals surface area contributed by atoms with Crippen LogP contribution in [0.1, 0.15) is 19.3 Å². The van der Waals surface area contributed by atoms with Crippen LogP contribution >= 0.6 is 11.6 Å². The Morgan fingerprint density at radius 3 is 2.95 bits per heavy atom. The van der Waals surface area contributed by atoms with E-state index in [1.54, 1.807) is 24.3 Å². The number of hydrogen-bond acceptors (Lipinski definition) is 3. The second-order valence-corrected chi connectivity index (χ2v) is 5.29. The van der Waals surface area contributed by atoms with Crippen LogP contribution in [0, 0.1) is 5.92 Å². The summed E-state index contributed by atoms with van der Waals surface area (Å²) in [5.41, 5.74) is 0. The maximum absolute atomic E-state index is 11.5. The highest BCUT2D eigenvalue weighted by Gasteiger charge is 2.26. The molecule has 1 aromatic carbocycles. The Kier molecular flexibility index (Phi) is 5.05. The number of benzene rings is 1. The molecule has 0 aliphatic heterocycles. The average Bonchev–Trinajstić information content (AvgIpc) is 2.33. The minimum absolute atomic E-state index is 0.0246. The van der Waals surface area contributed by atoms with Gasteiger partial charge in [0.05, 0.1) is 19.1 Å². The average molecular weight is 284 g/mol. The molecule has 1 aromatic rings. The van der Waals surface area contributed by atoms with E-state index in [1.807, 2.05) is 0 Å². The normalized spacial score (nSPS) is 21.6. The highest BCUT2D eigenvalue weighted by Crippen LogP contribution is 2.26. The smallest absolute Gasteiger partial charge is 0.223 e. The van der Waals surface area contributed by atoms with E-state index in [-0.39, 0.29) is 12.0 Å². The summed E-state index contributed by atoms with van der Waals surface area (Å²) in [6.07, 6.45) is 1.73.